The molecule has 0 aliphatic rings. The number of halogens is 1. The number of carbonyl (C=O) groups is 1. The zero-order chi connectivity index (χ0) is 16.8. The second kappa shape index (κ2) is 7.14. The van der Waals surface area contributed by atoms with E-state index in [0.29, 0.717) is 11.4 Å². The molecule has 0 atom stereocenters. The van der Waals surface area contributed by atoms with Crippen LogP contribution in [-0.4, -0.2) is 5.91 Å². The molecule has 4 nitrogen and oxygen atoms in total. The first-order chi connectivity index (χ1) is 11.0. The van der Waals surface area contributed by atoms with Crippen LogP contribution >= 0.6 is 0 Å². The Morgan fingerprint density at radius 3 is 2.83 bits per heavy atom. The van der Waals surface area contributed by atoms with Crippen LogP contribution in [0.5, 0.6) is 0 Å². The third kappa shape index (κ3) is 4.11. The van der Waals surface area contributed by atoms with E-state index in [9.17, 15) is 9.18 Å². The Hall–Kier alpha value is -3.26. The second-order valence-electron chi connectivity index (χ2n) is 4.62. The number of terminal acetylenes is 1. The van der Waals surface area contributed by atoms with Crippen LogP contribution in [0.15, 0.2) is 64.5 Å². The minimum absolute atomic E-state index is 0.0938. The van der Waals surface area contributed by atoms with E-state index in [0.717, 1.165) is 11.6 Å². The number of anilines is 1. The zero-order valence-corrected chi connectivity index (χ0v) is 12.5. The summed E-state index contributed by atoms with van der Waals surface area (Å²) in [6.45, 7) is 1.65. The molecule has 1 amide bonds. The highest BCUT2D eigenvalue weighted by Gasteiger charge is 2.13. The summed E-state index contributed by atoms with van der Waals surface area (Å²) in [4.78, 5) is 12.1. The van der Waals surface area contributed by atoms with Crippen LogP contribution < -0.4 is 11.1 Å². The highest BCUT2D eigenvalue weighted by molar-refractivity contribution is 5.93. The van der Waals surface area contributed by atoms with Gasteiger partial charge in [-0.2, -0.15) is 4.39 Å². The summed E-state index contributed by atoms with van der Waals surface area (Å²) in [6, 6.07) is 10.3. The number of rotatable bonds is 4. The molecule has 2 rings (SSSR count). The summed E-state index contributed by atoms with van der Waals surface area (Å²) >= 11 is 0. The minimum Gasteiger partial charge on any atom is -0.451 e. The van der Waals surface area contributed by atoms with E-state index in [2.05, 4.69) is 5.32 Å². The van der Waals surface area contributed by atoms with Crippen LogP contribution in [0.25, 0.3) is 11.3 Å². The average Bonchev–Trinajstić information content (AvgIpc) is 3.04. The topological polar surface area (TPSA) is 68.3 Å². The van der Waals surface area contributed by atoms with Gasteiger partial charge in [0, 0.05) is 23.0 Å². The van der Waals surface area contributed by atoms with Gasteiger partial charge in [0.25, 0.3) is 5.91 Å². The molecule has 0 saturated carbocycles. The smallest absolute Gasteiger partial charge is 0.291 e. The fourth-order valence-electron chi connectivity index (χ4n) is 1.87. The van der Waals surface area contributed by atoms with E-state index in [4.69, 9.17) is 16.6 Å². The van der Waals surface area contributed by atoms with Crippen molar-refractivity contribution in [3.05, 3.63) is 65.8 Å². The molecule has 2 aromatic rings. The van der Waals surface area contributed by atoms with Gasteiger partial charge in [0.15, 0.2) is 11.6 Å². The van der Waals surface area contributed by atoms with Gasteiger partial charge in [0.1, 0.15) is 5.76 Å². The molecule has 0 bridgehead atoms. The van der Waals surface area contributed by atoms with E-state index in [-0.39, 0.29) is 11.5 Å². The number of nitrogens with two attached hydrogens (primary N) is 1. The maximum absolute atomic E-state index is 13.1. The summed E-state index contributed by atoms with van der Waals surface area (Å²) in [5.74, 6) is 1.16. The Balaban J connectivity index is 2.17. The molecule has 0 aliphatic heterocycles. The molecule has 1 heterocycles. The molecule has 0 spiro atoms. The first kappa shape index (κ1) is 16.1. The Morgan fingerprint density at radius 1 is 1.39 bits per heavy atom. The van der Waals surface area contributed by atoms with Gasteiger partial charge in [-0.15, -0.1) is 6.42 Å². The van der Waals surface area contributed by atoms with Crippen molar-refractivity contribution < 1.29 is 13.6 Å². The molecule has 1 aromatic carbocycles. The summed E-state index contributed by atoms with van der Waals surface area (Å²) in [6.07, 6.45) is 7.51. The van der Waals surface area contributed by atoms with Gasteiger partial charge in [-0.1, -0.05) is 18.2 Å². The average molecular weight is 310 g/mol. The first-order valence-electron chi connectivity index (χ1n) is 6.80. The number of carbonyl (C=O) groups excluding carboxylic acids is 1. The number of allylic oxidation sites excluding steroid dienone is 3. The van der Waals surface area contributed by atoms with E-state index in [1.165, 1.54) is 12.1 Å². The van der Waals surface area contributed by atoms with Gasteiger partial charge in [0.2, 0.25) is 0 Å². The standard InChI is InChI=1S/C18H15FN2O2/c1-3-13(19)11-15(4-2)21-18(22)17-9-8-16(23-17)12-6-5-7-14(20)10-12/h1,4-11H,20H2,2H3,(H,21,22)/b13-11+,15-4+. The van der Waals surface area contributed by atoms with Gasteiger partial charge in [0.05, 0.1) is 0 Å². The second-order valence-corrected chi connectivity index (χ2v) is 4.62. The third-order valence-corrected chi connectivity index (χ3v) is 2.99. The van der Waals surface area contributed by atoms with Crippen molar-refractivity contribution in [3.8, 4) is 23.7 Å². The van der Waals surface area contributed by atoms with Gasteiger partial charge in [-0.05, 0) is 37.1 Å². The van der Waals surface area contributed by atoms with Crippen molar-refractivity contribution >= 4 is 11.6 Å². The Bertz CT molecular complexity index is 826. The third-order valence-electron chi connectivity index (χ3n) is 2.99. The lowest BCUT2D eigenvalue weighted by Gasteiger charge is -2.03. The number of nitrogen functional groups attached to an aromatic ring is 1. The first-order valence-corrected chi connectivity index (χ1v) is 6.80. The van der Waals surface area contributed by atoms with Crippen LogP contribution in [0.2, 0.25) is 0 Å². The Kier molecular flexibility index (Phi) is 5.00. The molecule has 116 valence electrons. The summed E-state index contributed by atoms with van der Waals surface area (Å²) in [7, 11) is 0. The van der Waals surface area contributed by atoms with Gasteiger partial charge in [-0.3, -0.25) is 4.79 Å². The molecule has 0 unspecified atom stereocenters. The molecule has 3 N–H and O–H groups in total. The fraction of sp³-hybridized carbons (Fsp3) is 0.0556. The van der Waals surface area contributed by atoms with Crippen LogP contribution in [0.1, 0.15) is 17.5 Å². The highest BCUT2D eigenvalue weighted by atomic mass is 19.1. The summed E-state index contributed by atoms with van der Waals surface area (Å²) < 4.78 is 18.6. The van der Waals surface area contributed by atoms with Crippen LogP contribution in [0.3, 0.4) is 0 Å². The molecule has 0 fully saturated rings. The zero-order valence-electron chi connectivity index (χ0n) is 12.5. The number of hydrogen-bond acceptors (Lipinski definition) is 3. The van der Waals surface area contributed by atoms with E-state index < -0.39 is 11.7 Å². The number of benzene rings is 1. The lowest BCUT2D eigenvalue weighted by molar-refractivity contribution is 0.0940. The number of furan rings is 1. The molecular weight excluding hydrogens is 295 g/mol. The maximum atomic E-state index is 13.1. The SMILES string of the molecule is C#C/C(F)=C\C(=C/C)NC(=O)c1ccc(-c2cccc(N)c2)o1. The normalized spacial score (nSPS) is 11.9. The van der Waals surface area contributed by atoms with Gasteiger partial charge in [-0.25, -0.2) is 0 Å². The lowest BCUT2D eigenvalue weighted by atomic mass is 10.1. The van der Waals surface area contributed by atoms with Crippen LogP contribution in [0, 0.1) is 12.3 Å². The quantitative estimate of drug-likeness (QED) is 0.514. The minimum atomic E-state index is -0.779. The predicted molar refractivity (Wildman–Crippen MR) is 87.8 cm³/mol. The van der Waals surface area contributed by atoms with Crippen LogP contribution in [-0.2, 0) is 0 Å². The van der Waals surface area contributed by atoms with Crippen LogP contribution in [0.4, 0.5) is 10.1 Å². The highest BCUT2D eigenvalue weighted by Crippen LogP contribution is 2.24. The van der Waals surface area contributed by atoms with Crippen molar-refractivity contribution in [2.75, 3.05) is 5.73 Å². The van der Waals surface area contributed by atoms with E-state index in [1.54, 1.807) is 31.2 Å². The molecule has 0 saturated heterocycles. The molecule has 23 heavy (non-hydrogen) atoms. The molecule has 0 aliphatic carbocycles. The van der Waals surface area contributed by atoms with Crippen molar-refractivity contribution in [1.29, 1.82) is 0 Å². The molecular formula is C18H15FN2O2. The Labute approximate surface area is 133 Å². The maximum Gasteiger partial charge on any atom is 0.291 e. The van der Waals surface area contributed by atoms with Gasteiger partial charge < -0.3 is 15.5 Å². The van der Waals surface area contributed by atoms with Crippen molar-refractivity contribution in [2.24, 2.45) is 0 Å². The largest absolute Gasteiger partial charge is 0.451 e. The summed E-state index contributed by atoms with van der Waals surface area (Å²) in [5.41, 5.74) is 7.31. The molecule has 1 aromatic heterocycles. The number of nitrogens with one attached hydrogen (secondary N) is 1. The van der Waals surface area contributed by atoms with E-state index >= 15 is 0 Å². The fourth-order valence-corrected chi connectivity index (χ4v) is 1.87. The van der Waals surface area contributed by atoms with Crippen molar-refractivity contribution in [1.82, 2.24) is 5.32 Å². The van der Waals surface area contributed by atoms with Crippen molar-refractivity contribution in [3.63, 3.8) is 0 Å². The predicted octanol–water partition coefficient (Wildman–Crippen LogP) is 3.65. The Morgan fingerprint density at radius 2 is 2.17 bits per heavy atom. The number of hydrogen-bond donors (Lipinski definition) is 2. The van der Waals surface area contributed by atoms with E-state index in [1.807, 2.05) is 12.0 Å². The number of amides is 1. The monoisotopic (exact) mass is 310 g/mol. The molecule has 0 radical (unpaired) electrons. The van der Waals surface area contributed by atoms with Gasteiger partial charge >= 0.3 is 0 Å². The van der Waals surface area contributed by atoms with Crippen molar-refractivity contribution in [2.45, 2.75) is 6.92 Å². The molecule has 5 heteroatoms. The summed E-state index contributed by atoms with van der Waals surface area (Å²) in [5, 5.41) is 2.52. The lowest BCUT2D eigenvalue weighted by Crippen LogP contribution is -2.21.